The van der Waals surface area contributed by atoms with Crippen LogP contribution in [0.3, 0.4) is 0 Å². The number of nitriles is 1. The van der Waals surface area contributed by atoms with Gasteiger partial charge in [-0.2, -0.15) is 10.4 Å². The number of nitrogens with zero attached hydrogens (tertiary/aromatic N) is 6. The lowest BCUT2D eigenvalue weighted by molar-refractivity contribution is 0.863. The average Bonchev–Trinajstić information content (AvgIpc) is 3.47. The summed E-state index contributed by atoms with van der Waals surface area (Å²) in [6.45, 7) is 0. The van der Waals surface area contributed by atoms with Crippen molar-refractivity contribution < 1.29 is 0 Å². The van der Waals surface area contributed by atoms with Crippen molar-refractivity contribution in [3.8, 4) is 34.0 Å². The lowest BCUT2D eigenvalue weighted by atomic mass is 10.0. The standard InChI is InChI=1S/C23H18ClN7O/c1-30-13-19(15-11-28-31(12-15)21-4-2-3-20(24)18(21)8-25)17(7-22(30)32)14-9-26-23(27-10-14)29-16-5-6-16/h2-4,7,9-13,16H,5-6H2,1H3,(H,26,27,29). The summed E-state index contributed by atoms with van der Waals surface area (Å²) in [4.78, 5) is 21.2. The largest absolute Gasteiger partial charge is 0.351 e. The number of hydrogen-bond donors (Lipinski definition) is 1. The Balaban J connectivity index is 1.58. The molecule has 0 amide bonds. The zero-order valence-electron chi connectivity index (χ0n) is 17.2. The maximum Gasteiger partial charge on any atom is 0.250 e. The van der Waals surface area contributed by atoms with Crippen molar-refractivity contribution >= 4 is 17.5 Å². The SMILES string of the molecule is Cn1cc(-c2cnn(-c3cccc(Cl)c3C#N)c2)c(-c2cnc(NC3CC3)nc2)cc1=O. The highest BCUT2D eigenvalue weighted by atomic mass is 35.5. The van der Waals surface area contributed by atoms with Crippen LogP contribution < -0.4 is 10.9 Å². The summed E-state index contributed by atoms with van der Waals surface area (Å²) in [5, 5.41) is 17.5. The van der Waals surface area contributed by atoms with Crippen molar-refractivity contribution in [1.29, 1.82) is 5.26 Å². The van der Waals surface area contributed by atoms with E-state index in [9.17, 15) is 10.1 Å². The molecule has 0 bridgehead atoms. The predicted octanol–water partition coefficient (Wildman–Crippen LogP) is 3.79. The van der Waals surface area contributed by atoms with Crippen molar-refractivity contribution in [1.82, 2.24) is 24.3 Å². The quantitative estimate of drug-likeness (QED) is 0.503. The van der Waals surface area contributed by atoms with Gasteiger partial charge in [-0.1, -0.05) is 17.7 Å². The van der Waals surface area contributed by atoms with E-state index < -0.39 is 0 Å². The van der Waals surface area contributed by atoms with Crippen LogP contribution in [0.5, 0.6) is 0 Å². The minimum Gasteiger partial charge on any atom is -0.351 e. The number of anilines is 1. The van der Waals surface area contributed by atoms with Gasteiger partial charge in [0.25, 0.3) is 5.56 Å². The molecule has 1 aromatic carbocycles. The number of halogens is 1. The van der Waals surface area contributed by atoms with Crippen LogP contribution in [0.15, 0.2) is 60.0 Å². The van der Waals surface area contributed by atoms with Crippen LogP contribution in [0.25, 0.3) is 27.9 Å². The van der Waals surface area contributed by atoms with Crippen molar-refractivity contribution in [2.24, 2.45) is 7.05 Å². The molecule has 0 saturated heterocycles. The van der Waals surface area contributed by atoms with Gasteiger partial charge in [0.2, 0.25) is 5.95 Å². The van der Waals surface area contributed by atoms with Gasteiger partial charge in [0, 0.05) is 60.6 Å². The van der Waals surface area contributed by atoms with Crippen molar-refractivity contribution in [2.45, 2.75) is 18.9 Å². The average molecular weight is 444 g/mol. The van der Waals surface area contributed by atoms with Crippen LogP contribution in [-0.4, -0.2) is 30.4 Å². The number of hydrogen-bond acceptors (Lipinski definition) is 6. The van der Waals surface area contributed by atoms with Gasteiger partial charge in [-0.05, 0) is 30.5 Å². The smallest absolute Gasteiger partial charge is 0.250 e. The lowest BCUT2D eigenvalue weighted by Gasteiger charge is -2.11. The van der Waals surface area contributed by atoms with E-state index in [1.165, 1.54) is 4.57 Å². The molecule has 0 radical (unpaired) electrons. The van der Waals surface area contributed by atoms with Crippen LogP contribution in [0, 0.1) is 11.3 Å². The van der Waals surface area contributed by atoms with Crippen LogP contribution in [-0.2, 0) is 7.05 Å². The van der Waals surface area contributed by atoms with Crippen LogP contribution in [0.1, 0.15) is 18.4 Å². The molecule has 1 aliphatic rings. The molecule has 1 fully saturated rings. The van der Waals surface area contributed by atoms with Gasteiger partial charge < -0.3 is 9.88 Å². The first-order valence-electron chi connectivity index (χ1n) is 10.1. The maximum atomic E-state index is 12.4. The maximum absolute atomic E-state index is 12.4. The molecular formula is C23H18ClN7O. The van der Waals surface area contributed by atoms with Gasteiger partial charge in [0.05, 0.1) is 22.5 Å². The van der Waals surface area contributed by atoms with E-state index in [1.807, 2.05) is 0 Å². The number of nitrogens with one attached hydrogen (secondary N) is 1. The summed E-state index contributed by atoms with van der Waals surface area (Å²) in [6, 6.07) is 9.37. The van der Waals surface area contributed by atoms with E-state index in [-0.39, 0.29) is 5.56 Å². The minimum absolute atomic E-state index is 0.141. The molecule has 1 saturated carbocycles. The molecule has 3 heterocycles. The zero-order valence-corrected chi connectivity index (χ0v) is 17.9. The molecule has 0 aliphatic heterocycles. The lowest BCUT2D eigenvalue weighted by Crippen LogP contribution is -2.15. The first kappa shape index (κ1) is 20.0. The number of benzene rings is 1. The van der Waals surface area contributed by atoms with Gasteiger partial charge in [-0.3, -0.25) is 4.79 Å². The second kappa shape index (κ2) is 7.94. The summed E-state index contributed by atoms with van der Waals surface area (Å²) in [5.41, 5.74) is 3.79. The Kier molecular flexibility index (Phi) is 4.96. The van der Waals surface area contributed by atoms with Gasteiger partial charge in [-0.25, -0.2) is 14.6 Å². The van der Waals surface area contributed by atoms with Gasteiger partial charge in [-0.15, -0.1) is 0 Å². The summed E-state index contributed by atoms with van der Waals surface area (Å²) in [5.74, 6) is 0.583. The highest BCUT2D eigenvalue weighted by molar-refractivity contribution is 6.32. The molecule has 32 heavy (non-hydrogen) atoms. The summed E-state index contributed by atoms with van der Waals surface area (Å²) >= 11 is 6.17. The molecule has 0 atom stereocenters. The molecule has 8 nitrogen and oxygen atoms in total. The van der Waals surface area contributed by atoms with E-state index >= 15 is 0 Å². The normalized spacial score (nSPS) is 13.0. The number of pyridine rings is 1. The third kappa shape index (κ3) is 3.74. The Bertz CT molecular complexity index is 1410. The number of rotatable bonds is 5. The number of aryl methyl sites for hydroxylation is 1. The third-order valence-electron chi connectivity index (χ3n) is 5.35. The fraction of sp³-hybridized carbons (Fsp3) is 0.174. The van der Waals surface area contributed by atoms with Crippen LogP contribution in [0.2, 0.25) is 5.02 Å². The summed E-state index contributed by atoms with van der Waals surface area (Å²) in [7, 11) is 1.70. The molecule has 4 aromatic rings. The van der Waals surface area contributed by atoms with Crippen molar-refractivity contribution in [3.05, 3.63) is 76.2 Å². The van der Waals surface area contributed by atoms with E-state index in [1.54, 1.807) is 67.0 Å². The second-order valence-electron chi connectivity index (χ2n) is 7.68. The van der Waals surface area contributed by atoms with Crippen LogP contribution >= 0.6 is 11.6 Å². The Morgan fingerprint density at radius 2 is 1.91 bits per heavy atom. The van der Waals surface area contributed by atoms with E-state index in [0.717, 1.165) is 29.5 Å². The highest BCUT2D eigenvalue weighted by Crippen LogP contribution is 2.32. The molecule has 3 aromatic heterocycles. The monoisotopic (exact) mass is 443 g/mol. The molecule has 9 heteroatoms. The van der Waals surface area contributed by atoms with Crippen molar-refractivity contribution in [2.75, 3.05) is 5.32 Å². The topological polar surface area (TPSA) is 101 Å². The summed E-state index contributed by atoms with van der Waals surface area (Å²) < 4.78 is 3.12. The van der Waals surface area contributed by atoms with Gasteiger partial charge in [0.15, 0.2) is 0 Å². The fourth-order valence-electron chi connectivity index (χ4n) is 3.46. The zero-order chi connectivity index (χ0) is 22.2. The van der Waals surface area contributed by atoms with E-state index in [4.69, 9.17) is 11.6 Å². The Morgan fingerprint density at radius 3 is 2.62 bits per heavy atom. The Labute approximate surface area is 188 Å². The van der Waals surface area contributed by atoms with Gasteiger partial charge >= 0.3 is 0 Å². The number of aromatic nitrogens is 5. The summed E-state index contributed by atoms with van der Waals surface area (Å²) in [6.07, 6.45) is 11.0. The molecule has 1 N–H and O–H groups in total. The fourth-order valence-corrected chi connectivity index (χ4v) is 3.67. The van der Waals surface area contributed by atoms with Gasteiger partial charge in [0.1, 0.15) is 6.07 Å². The molecule has 0 unspecified atom stereocenters. The second-order valence-corrected chi connectivity index (χ2v) is 8.09. The predicted molar refractivity (Wildman–Crippen MR) is 122 cm³/mol. The first-order chi connectivity index (χ1) is 15.5. The third-order valence-corrected chi connectivity index (χ3v) is 5.66. The molecule has 0 spiro atoms. The molecular weight excluding hydrogens is 426 g/mol. The van der Waals surface area contributed by atoms with E-state index in [2.05, 4.69) is 26.5 Å². The van der Waals surface area contributed by atoms with Crippen molar-refractivity contribution in [3.63, 3.8) is 0 Å². The highest BCUT2D eigenvalue weighted by Gasteiger charge is 2.22. The first-order valence-corrected chi connectivity index (χ1v) is 10.4. The van der Waals surface area contributed by atoms with Crippen LogP contribution in [0.4, 0.5) is 5.95 Å². The minimum atomic E-state index is -0.141. The van der Waals surface area contributed by atoms with E-state index in [0.29, 0.717) is 33.8 Å². The Hall–Kier alpha value is -3.96. The molecule has 158 valence electrons. The molecule has 1 aliphatic carbocycles. The Morgan fingerprint density at radius 1 is 1.12 bits per heavy atom. The molecule has 5 rings (SSSR count).